The molecule has 0 spiro atoms. The fourth-order valence-electron chi connectivity index (χ4n) is 6.42. The maximum absolute atomic E-state index is 11.0. The SMILES string of the molecule is O[C@@H](c1cccc(Cl)c1)[C@@H](CCC1CC1)c1nc2ccccc2s1.O[C@H](c1cccc(Cl)c1)[C@H](CCC1CC1)c1nc2ccccc2s1. The molecule has 2 fully saturated rings. The highest BCUT2D eigenvalue weighted by Gasteiger charge is 2.31. The molecule has 8 rings (SSSR count). The number of para-hydroxylation sites is 2. The number of rotatable bonds is 12. The first kappa shape index (κ1) is 33.6. The van der Waals surface area contributed by atoms with Gasteiger partial charge in [0.15, 0.2) is 0 Å². The molecule has 0 aliphatic heterocycles. The molecule has 2 saturated carbocycles. The summed E-state index contributed by atoms with van der Waals surface area (Å²) in [7, 11) is 0. The molecule has 48 heavy (non-hydrogen) atoms. The van der Waals surface area contributed by atoms with Crippen LogP contribution >= 0.6 is 45.9 Å². The predicted octanol–water partition coefficient (Wildman–Crippen LogP) is 11.9. The largest absolute Gasteiger partial charge is 0.388 e. The van der Waals surface area contributed by atoms with E-state index in [0.717, 1.165) is 69.7 Å². The number of aromatic nitrogens is 2. The molecule has 2 aromatic heterocycles. The van der Waals surface area contributed by atoms with E-state index in [1.54, 1.807) is 22.7 Å². The molecule has 0 amide bonds. The monoisotopic (exact) mass is 714 g/mol. The number of benzene rings is 4. The van der Waals surface area contributed by atoms with Crippen LogP contribution in [0.2, 0.25) is 10.0 Å². The minimum Gasteiger partial charge on any atom is -0.388 e. The summed E-state index contributed by atoms with van der Waals surface area (Å²) in [6.45, 7) is 0. The molecule has 6 aromatic rings. The first-order valence-electron chi connectivity index (χ1n) is 17.0. The summed E-state index contributed by atoms with van der Waals surface area (Å²) in [4.78, 5) is 9.61. The molecule has 0 bridgehead atoms. The average molecular weight is 716 g/mol. The standard InChI is InChI=1S/2C20H20ClNOS/c2*21-15-5-3-4-14(12-15)19(23)16(11-10-13-8-9-13)20-22-17-6-1-2-7-18(17)24-20/h2*1-7,12-13,16,19,23H,8-11H2/t2*16-,19+/m10/s1. The van der Waals surface area contributed by atoms with Crippen LogP contribution in [0.5, 0.6) is 0 Å². The van der Waals surface area contributed by atoms with Gasteiger partial charge in [0.25, 0.3) is 0 Å². The summed E-state index contributed by atoms with van der Waals surface area (Å²) in [5.74, 6) is 1.74. The van der Waals surface area contributed by atoms with E-state index in [9.17, 15) is 10.2 Å². The number of nitrogens with zero attached hydrogens (tertiary/aromatic N) is 2. The minimum atomic E-state index is -0.567. The number of thiazole rings is 2. The van der Waals surface area contributed by atoms with E-state index in [1.807, 2.05) is 84.9 Å². The second-order valence-corrected chi connectivity index (χ2v) is 16.3. The fourth-order valence-corrected chi connectivity index (χ4v) is 9.08. The van der Waals surface area contributed by atoms with Gasteiger partial charge in [0.05, 0.1) is 42.7 Å². The lowest BCUT2D eigenvalue weighted by Gasteiger charge is -2.21. The smallest absolute Gasteiger partial charge is 0.0998 e. The Balaban J connectivity index is 0.000000152. The Labute approximate surface area is 300 Å². The third kappa shape index (κ3) is 8.47. The van der Waals surface area contributed by atoms with Gasteiger partial charge in [-0.15, -0.1) is 22.7 Å². The fraction of sp³-hybridized carbons (Fsp3) is 0.350. The maximum Gasteiger partial charge on any atom is 0.0998 e. The average Bonchev–Trinajstić information content (AvgIpc) is 4.02. The van der Waals surface area contributed by atoms with Crippen molar-refractivity contribution in [2.75, 3.05) is 0 Å². The summed E-state index contributed by atoms with van der Waals surface area (Å²) in [5, 5.41) is 25.4. The molecule has 248 valence electrons. The molecule has 0 unspecified atom stereocenters. The van der Waals surface area contributed by atoms with Crippen molar-refractivity contribution in [2.24, 2.45) is 11.8 Å². The second kappa shape index (κ2) is 15.4. The number of aliphatic hydroxyl groups is 2. The first-order valence-corrected chi connectivity index (χ1v) is 19.4. The molecular weight excluding hydrogens is 675 g/mol. The van der Waals surface area contributed by atoms with Crippen LogP contribution in [0.4, 0.5) is 0 Å². The molecule has 0 saturated heterocycles. The summed E-state index contributed by atoms with van der Waals surface area (Å²) in [6.07, 6.45) is 8.47. The topological polar surface area (TPSA) is 66.2 Å². The van der Waals surface area contributed by atoms with Gasteiger partial charge in [0.2, 0.25) is 0 Å². The highest BCUT2D eigenvalue weighted by Crippen LogP contribution is 2.44. The van der Waals surface area contributed by atoms with Crippen LogP contribution in [0.3, 0.4) is 0 Å². The van der Waals surface area contributed by atoms with E-state index in [4.69, 9.17) is 33.2 Å². The van der Waals surface area contributed by atoms with Crippen molar-refractivity contribution < 1.29 is 10.2 Å². The van der Waals surface area contributed by atoms with Gasteiger partial charge in [-0.3, -0.25) is 0 Å². The number of halogens is 2. The summed E-state index contributed by atoms with van der Waals surface area (Å²) >= 11 is 15.6. The Hall–Kier alpha value is -2.84. The molecule has 2 aliphatic rings. The van der Waals surface area contributed by atoms with Crippen molar-refractivity contribution >= 4 is 66.3 Å². The number of aliphatic hydroxyl groups excluding tert-OH is 2. The van der Waals surface area contributed by atoms with Crippen LogP contribution in [-0.2, 0) is 0 Å². The molecule has 4 atom stereocenters. The van der Waals surface area contributed by atoms with Crippen LogP contribution < -0.4 is 0 Å². The quantitative estimate of drug-likeness (QED) is 0.132. The Bertz CT molecular complexity index is 1760. The molecule has 8 heteroatoms. The van der Waals surface area contributed by atoms with Gasteiger partial charge >= 0.3 is 0 Å². The lowest BCUT2D eigenvalue weighted by atomic mass is 9.91. The number of hydrogen-bond donors (Lipinski definition) is 2. The Morgan fingerprint density at radius 3 is 1.38 bits per heavy atom. The van der Waals surface area contributed by atoms with Crippen molar-refractivity contribution in [1.29, 1.82) is 0 Å². The van der Waals surface area contributed by atoms with Gasteiger partial charge < -0.3 is 10.2 Å². The molecule has 4 nitrogen and oxygen atoms in total. The van der Waals surface area contributed by atoms with Crippen LogP contribution in [0, 0.1) is 11.8 Å². The molecule has 2 N–H and O–H groups in total. The van der Waals surface area contributed by atoms with Crippen LogP contribution in [0.15, 0.2) is 97.1 Å². The highest BCUT2D eigenvalue weighted by atomic mass is 35.5. The lowest BCUT2D eigenvalue weighted by Crippen LogP contribution is -2.11. The van der Waals surface area contributed by atoms with Gasteiger partial charge in [0, 0.05) is 21.9 Å². The lowest BCUT2D eigenvalue weighted by molar-refractivity contribution is 0.138. The second-order valence-electron chi connectivity index (χ2n) is 13.3. The van der Waals surface area contributed by atoms with Crippen molar-refractivity contribution in [3.63, 3.8) is 0 Å². The number of hydrogen-bond acceptors (Lipinski definition) is 6. The van der Waals surface area contributed by atoms with Crippen LogP contribution in [0.25, 0.3) is 20.4 Å². The van der Waals surface area contributed by atoms with E-state index in [0.29, 0.717) is 10.0 Å². The van der Waals surface area contributed by atoms with Crippen molar-refractivity contribution in [2.45, 2.75) is 75.4 Å². The van der Waals surface area contributed by atoms with E-state index in [1.165, 1.54) is 35.1 Å². The van der Waals surface area contributed by atoms with Crippen molar-refractivity contribution in [1.82, 2.24) is 9.97 Å². The third-order valence-corrected chi connectivity index (χ3v) is 12.4. The summed E-state index contributed by atoms with van der Waals surface area (Å²) in [5.41, 5.74) is 3.80. The zero-order chi connectivity index (χ0) is 33.0. The summed E-state index contributed by atoms with van der Waals surface area (Å²) < 4.78 is 2.37. The Morgan fingerprint density at radius 2 is 1.00 bits per heavy atom. The summed E-state index contributed by atoms with van der Waals surface area (Å²) in [6, 6.07) is 31.5. The Morgan fingerprint density at radius 1 is 0.583 bits per heavy atom. The van der Waals surface area contributed by atoms with E-state index in [2.05, 4.69) is 12.1 Å². The van der Waals surface area contributed by atoms with Gasteiger partial charge in [-0.1, -0.05) is 97.4 Å². The van der Waals surface area contributed by atoms with E-state index < -0.39 is 12.2 Å². The van der Waals surface area contributed by atoms with E-state index >= 15 is 0 Å². The molecular formula is C40H40Cl2N2O2S2. The van der Waals surface area contributed by atoms with Gasteiger partial charge in [0.1, 0.15) is 0 Å². The number of fused-ring (bicyclic) bond motifs is 2. The van der Waals surface area contributed by atoms with Crippen LogP contribution in [0.1, 0.15) is 96.6 Å². The minimum absolute atomic E-state index is 0.0291. The third-order valence-electron chi connectivity index (χ3n) is 9.56. The van der Waals surface area contributed by atoms with E-state index in [-0.39, 0.29) is 11.8 Å². The van der Waals surface area contributed by atoms with Gasteiger partial charge in [-0.25, -0.2) is 9.97 Å². The maximum atomic E-state index is 11.0. The van der Waals surface area contributed by atoms with Crippen molar-refractivity contribution in [3.05, 3.63) is 128 Å². The normalized spacial score (nSPS) is 17.1. The Kier molecular flexibility index (Phi) is 10.8. The van der Waals surface area contributed by atoms with Gasteiger partial charge in [-0.2, -0.15) is 0 Å². The predicted molar refractivity (Wildman–Crippen MR) is 201 cm³/mol. The molecule has 2 heterocycles. The first-order chi connectivity index (χ1) is 23.4. The highest BCUT2D eigenvalue weighted by molar-refractivity contribution is 7.19. The molecule has 2 aliphatic carbocycles. The molecule has 4 aromatic carbocycles. The molecule has 0 radical (unpaired) electrons. The zero-order valence-corrected chi connectivity index (χ0v) is 29.9. The van der Waals surface area contributed by atoms with Crippen molar-refractivity contribution in [3.8, 4) is 0 Å². The zero-order valence-electron chi connectivity index (χ0n) is 26.7. The van der Waals surface area contributed by atoms with Crippen LogP contribution in [-0.4, -0.2) is 20.2 Å². The van der Waals surface area contributed by atoms with Gasteiger partial charge in [-0.05, 0) is 97.2 Å².